The highest BCUT2D eigenvalue weighted by molar-refractivity contribution is 6.31. The zero-order chi connectivity index (χ0) is 12.7. The molecule has 0 amide bonds. The molecule has 17 heavy (non-hydrogen) atoms. The van der Waals surface area contributed by atoms with Gasteiger partial charge in [0, 0.05) is 17.1 Å². The zero-order valence-corrected chi connectivity index (χ0v) is 9.57. The molecular weight excluding hydrogens is 255 g/mol. The predicted octanol–water partition coefficient (Wildman–Crippen LogP) is 2.54. The topological polar surface area (TPSA) is 32.3 Å². The van der Waals surface area contributed by atoms with Crippen molar-refractivity contribution in [1.29, 1.82) is 0 Å². The van der Waals surface area contributed by atoms with Crippen molar-refractivity contribution in [2.45, 2.75) is 18.2 Å². The maximum atomic E-state index is 12.6. The molecule has 0 aromatic heterocycles. The standard InChI is InChI=1S/C11H11ClF3NO/c12-9-2-1-7(11(13,14)15)5-8(9)10(17)3-4-16-6-10/h1-2,5,16-17H,3-4,6H2. The van der Waals surface area contributed by atoms with Gasteiger partial charge in [-0.3, -0.25) is 0 Å². The quantitative estimate of drug-likeness (QED) is 0.818. The molecule has 1 saturated heterocycles. The van der Waals surface area contributed by atoms with E-state index in [1.165, 1.54) is 6.07 Å². The van der Waals surface area contributed by atoms with Crippen LogP contribution in [0.1, 0.15) is 17.5 Å². The van der Waals surface area contributed by atoms with Crippen LogP contribution in [0.2, 0.25) is 5.02 Å². The molecule has 0 spiro atoms. The molecule has 1 atom stereocenters. The molecule has 1 unspecified atom stereocenters. The van der Waals surface area contributed by atoms with Crippen molar-refractivity contribution < 1.29 is 18.3 Å². The van der Waals surface area contributed by atoms with Crippen LogP contribution in [-0.2, 0) is 11.8 Å². The number of nitrogens with one attached hydrogen (secondary N) is 1. The van der Waals surface area contributed by atoms with E-state index in [2.05, 4.69) is 5.32 Å². The van der Waals surface area contributed by atoms with Gasteiger partial charge in [0.25, 0.3) is 0 Å². The fourth-order valence-electron chi connectivity index (χ4n) is 1.97. The van der Waals surface area contributed by atoms with Gasteiger partial charge in [0.05, 0.1) is 5.56 Å². The minimum absolute atomic E-state index is 0.138. The molecule has 0 saturated carbocycles. The van der Waals surface area contributed by atoms with Gasteiger partial charge in [0.1, 0.15) is 5.60 Å². The Balaban J connectivity index is 2.46. The minimum atomic E-state index is -4.43. The Morgan fingerprint density at radius 1 is 1.35 bits per heavy atom. The molecule has 2 rings (SSSR count). The first-order valence-electron chi connectivity index (χ1n) is 5.13. The molecule has 2 nitrogen and oxygen atoms in total. The van der Waals surface area contributed by atoms with Crippen LogP contribution < -0.4 is 5.32 Å². The Hall–Kier alpha value is -0.780. The van der Waals surface area contributed by atoms with Gasteiger partial charge in [-0.1, -0.05) is 11.6 Å². The smallest absolute Gasteiger partial charge is 0.384 e. The second-order valence-electron chi connectivity index (χ2n) is 4.15. The van der Waals surface area contributed by atoms with E-state index in [4.69, 9.17) is 11.6 Å². The van der Waals surface area contributed by atoms with Crippen molar-refractivity contribution in [2.75, 3.05) is 13.1 Å². The van der Waals surface area contributed by atoms with Gasteiger partial charge in [0.2, 0.25) is 0 Å². The summed E-state index contributed by atoms with van der Waals surface area (Å²) in [6.45, 7) is 0.775. The van der Waals surface area contributed by atoms with E-state index < -0.39 is 17.3 Å². The molecule has 0 aliphatic carbocycles. The van der Waals surface area contributed by atoms with E-state index in [1.54, 1.807) is 0 Å². The first kappa shape index (κ1) is 12.7. The molecule has 94 valence electrons. The lowest BCUT2D eigenvalue weighted by molar-refractivity contribution is -0.137. The molecule has 1 heterocycles. The SMILES string of the molecule is OC1(c2cc(C(F)(F)F)ccc2Cl)CCNC1. The van der Waals surface area contributed by atoms with Crippen LogP contribution in [0.4, 0.5) is 13.2 Å². The van der Waals surface area contributed by atoms with Crippen LogP contribution in [0.25, 0.3) is 0 Å². The number of hydrogen-bond acceptors (Lipinski definition) is 2. The van der Waals surface area contributed by atoms with Crippen molar-refractivity contribution >= 4 is 11.6 Å². The fraction of sp³-hybridized carbons (Fsp3) is 0.455. The van der Waals surface area contributed by atoms with E-state index in [-0.39, 0.29) is 17.1 Å². The Morgan fingerprint density at radius 3 is 2.59 bits per heavy atom. The molecule has 1 aliphatic heterocycles. The lowest BCUT2D eigenvalue weighted by Crippen LogP contribution is -2.29. The van der Waals surface area contributed by atoms with Crippen molar-refractivity contribution in [2.24, 2.45) is 0 Å². The average Bonchev–Trinajstić information content (AvgIpc) is 2.65. The highest BCUT2D eigenvalue weighted by atomic mass is 35.5. The highest BCUT2D eigenvalue weighted by Crippen LogP contribution is 2.37. The second kappa shape index (κ2) is 4.15. The van der Waals surface area contributed by atoms with E-state index >= 15 is 0 Å². The molecule has 1 aliphatic rings. The molecule has 0 radical (unpaired) electrons. The molecule has 6 heteroatoms. The Labute approximate surface area is 101 Å². The van der Waals surface area contributed by atoms with Gasteiger partial charge >= 0.3 is 6.18 Å². The number of rotatable bonds is 1. The van der Waals surface area contributed by atoms with Crippen LogP contribution in [-0.4, -0.2) is 18.2 Å². The fourth-order valence-corrected chi connectivity index (χ4v) is 2.26. The number of alkyl halides is 3. The number of hydrogen-bond donors (Lipinski definition) is 2. The molecule has 1 fully saturated rings. The number of halogens is 4. The average molecular weight is 266 g/mol. The predicted molar refractivity (Wildman–Crippen MR) is 57.8 cm³/mol. The van der Waals surface area contributed by atoms with Crippen LogP contribution >= 0.6 is 11.6 Å². The van der Waals surface area contributed by atoms with Crippen molar-refractivity contribution in [1.82, 2.24) is 5.32 Å². The van der Waals surface area contributed by atoms with Gasteiger partial charge in [-0.25, -0.2) is 0 Å². The molecule has 0 bridgehead atoms. The number of benzene rings is 1. The van der Waals surface area contributed by atoms with Crippen molar-refractivity contribution in [3.05, 3.63) is 34.3 Å². The Bertz CT molecular complexity index is 427. The summed E-state index contributed by atoms with van der Waals surface area (Å²) in [4.78, 5) is 0. The summed E-state index contributed by atoms with van der Waals surface area (Å²) < 4.78 is 37.7. The third kappa shape index (κ3) is 2.41. The van der Waals surface area contributed by atoms with Crippen LogP contribution in [0.5, 0.6) is 0 Å². The van der Waals surface area contributed by atoms with Crippen molar-refractivity contribution in [3.8, 4) is 0 Å². The molecule has 1 aromatic rings. The summed E-state index contributed by atoms with van der Waals surface area (Å²) in [7, 11) is 0. The summed E-state index contributed by atoms with van der Waals surface area (Å²) in [5, 5.41) is 13.3. The second-order valence-corrected chi connectivity index (χ2v) is 4.56. The lowest BCUT2D eigenvalue weighted by atomic mass is 9.91. The Kier molecular flexibility index (Phi) is 3.10. The number of aliphatic hydroxyl groups is 1. The Morgan fingerprint density at radius 2 is 2.06 bits per heavy atom. The lowest BCUT2D eigenvalue weighted by Gasteiger charge is -2.24. The normalized spacial score (nSPS) is 25.2. The summed E-state index contributed by atoms with van der Waals surface area (Å²) in [6, 6.07) is 3.02. The van der Waals surface area contributed by atoms with E-state index in [1.807, 2.05) is 0 Å². The van der Waals surface area contributed by atoms with Gasteiger partial charge in [-0.15, -0.1) is 0 Å². The van der Waals surface area contributed by atoms with Gasteiger partial charge < -0.3 is 10.4 Å². The van der Waals surface area contributed by atoms with Gasteiger partial charge in [-0.2, -0.15) is 13.2 Å². The first-order valence-corrected chi connectivity index (χ1v) is 5.51. The van der Waals surface area contributed by atoms with Gasteiger partial charge in [-0.05, 0) is 31.2 Å². The molecule has 2 N–H and O–H groups in total. The molecule has 1 aromatic carbocycles. The van der Waals surface area contributed by atoms with Crippen molar-refractivity contribution in [3.63, 3.8) is 0 Å². The largest absolute Gasteiger partial charge is 0.416 e. The van der Waals surface area contributed by atoms with Crippen LogP contribution in [0.15, 0.2) is 18.2 Å². The minimum Gasteiger partial charge on any atom is -0.384 e. The van der Waals surface area contributed by atoms with Crippen LogP contribution in [0.3, 0.4) is 0 Å². The molecular formula is C11H11ClF3NO. The third-order valence-electron chi connectivity index (χ3n) is 2.93. The highest BCUT2D eigenvalue weighted by Gasteiger charge is 2.38. The number of β-amino-alcohol motifs (C(OH)–C–C–N with tert-alkyl or cyclic N) is 1. The van der Waals surface area contributed by atoms with E-state index in [0.717, 1.165) is 12.1 Å². The monoisotopic (exact) mass is 265 g/mol. The third-order valence-corrected chi connectivity index (χ3v) is 3.26. The summed E-state index contributed by atoms with van der Waals surface area (Å²) in [5.41, 5.74) is -1.96. The van der Waals surface area contributed by atoms with Gasteiger partial charge in [0.15, 0.2) is 0 Å². The zero-order valence-electron chi connectivity index (χ0n) is 8.81. The van der Waals surface area contributed by atoms with Crippen LogP contribution in [0, 0.1) is 0 Å². The maximum absolute atomic E-state index is 12.6. The van der Waals surface area contributed by atoms with E-state index in [9.17, 15) is 18.3 Å². The summed E-state index contributed by atoms with van der Waals surface area (Å²) in [5.74, 6) is 0. The maximum Gasteiger partial charge on any atom is 0.416 e. The first-order chi connectivity index (χ1) is 7.83. The summed E-state index contributed by atoms with van der Waals surface area (Å²) in [6.07, 6.45) is -4.07. The summed E-state index contributed by atoms with van der Waals surface area (Å²) >= 11 is 5.86. The van der Waals surface area contributed by atoms with E-state index in [0.29, 0.717) is 13.0 Å².